The van der Waals surface area contributed by atoms with Crippen LogP contribution < -0.4 is 5.56 Å². The van der Waals surface area contributed by atoms with Crippen LogP contribution in [0.5, 0.6) is 0 Å². The Bertz CT molecular complexity index is 898. The number of rotatable bonds is 2. The van der Waals surface area contributed by atoms with E-state index >= 15 is 0 Å². The molecule has 0 atom stereocenters. The number of hydrogen-bond donors (Lipinski definition) is 2. The number of aromatic amines is 1. The lowest BCUT2D eigenvalue weighted by Crippen LogP contribution is -2.13. The Hall–Kier alpha value is -2.52. The highest BCUT2D eigenvalue weighted by Crippen LogP contribution is 2.32. The van der Waals surface area contributed by atoms with Gasteiger partial charge in [-0.15, -0.1) is 0 Å². The van der Waals surface area contributed by atoms with E-state index in [0.29, 0.717) is 16.1 Å². The molecule has 21 heavy (non-hydrogen) atoms. The Balaban J connectivity index is 2.53. The number of H-pyrrole nitrogens is 1. The van der Waals surface area contributed by atoms with Crippen LogP contribution in [0.2, 0.25) is 5.02 Å². The van der Waals surface area contributed by atoms with Crippen LogP contribution in [-0.4, -0.2) is 10.1 Å². The molecule has 0 radical (unpaired) electrons. The predicted molar refractivity (Wildman–Crippen MR) is 86.7 cm³/mol. The summed E-state index contributed by atoms with van der Waals surface area (Å²) in [5.41, 5.74) is 1.89. The molecule has 4 heteroatoms. The summed E-state index contributed by atoms with van der Waals surface area (Å²) in [4.78, 5) is 15.0. The van der Waals surface area contributed by atoms with Crippen LogP contribution in [0.4, 0.5) is 0 Å². The monoisotopic (exact) mass is 297 g/mol. The molecule has 0 aliphatic carbocycles. The van der Waals surface area contributed by atoms with Gasteiger partial charge in [-0.3, -0.25) is 4.79 Å². The van der Waals surface area contributed by atoms with Gasteiger partial charge in [-0.2, -0.15) is 0 Å². The molecule has 1 aromatic heterocycles. The average molecular weight is 298 g/mol. The first-order valence-electron chi connectivity index (χ1n) is 6.37. The molecule has 1 heterocycles. The van der Waals surface area contributed by atoms with Gasteiger partial charge >= 0.3 is 0 Å². The van der Waals surface area contributed by atoms with Crippen molar-refractivity contribution in [2.24, 2.45) is 0 Å². The highest BCUT2D eigenvalue weighted by Gasteiger charge is 2.16. The van der Waals surface area contributed by atoms with E-state index in [1.54, 1.807) is 18.2 Å². The maximum atomic E-state index is 12.2. The quantitative estimate of drug-likeness (QED) is 0.690. The summed E-state index contributed by atoms with van der Waals surface area (Å²) in [6.07, 6.45) is 0. The van der Waals surface area contributed by atoms with Crippen LogP contribution in [-0.2, 0) is 0 Å². The number of benzene rings is 2. The smallest absolute Gasteiger partial charge is 0.260 e. The number of fused-ring (bicyclic) bond motifs is 1. The Kier molecular flexibility index (Phi) is 3.28. The lowest BCUT2D eigenvalue weighted by atomic mass is 9.95. The van der Waals surface area contributed by atoms with Gasteiger partial charge in [0.1, 0.15) is 5.76 Å². The average Bonchev–Trinajstić information content (AvgIpc) is 2.47. The van der Waals surface area contributed by atoms with Crippen molar-refractivity contribution in [3.63, 3.8) is 0 Å². The van der Waals surface area contributed by atoms with Crippen molar-refractivity contribution in [3.8, 4) is 11.1 Å². The first kappa shape index (κ1) is 13.5. The minimum Gasteiger partial charge on any atom is -0.508 e. The minimum atomic E-state index is -0.379. The number of halogens is 1. The maximum Gasteiger partial charge on any atom is 0.260 e. The van der Waals surface area contributed by atoms with Crippen LogP contribution in [0, 0.1) is 0 Å². The third kappa shape index (κ3) is 2.32. The van der Waals surface area contributed by atoms with E-state index in [4.69, 9.17) is 11.6 Å². The lowest BCUT2D eigenvalue weighted by Gasteiger charge is -2.12. The van der Waals surface area contributed by atoms with E-state index in [9.17, 15) is 9.90 Å². The first-order chi connectivity index (χ1) is 10.1. The molecule has 104 valence electrons. The standard InChI is InChI=1S/C17H12ClNO2/c1-10(20)15-16(11-5-3-2-4-6-11)13-9-12(18)7-8-14(13)19-17(15)21/h2-9,20H,1H2,(H,19,21). The third-order valence-electron chi connectivity index (χ3n) is 3.33. The molecule has 0 saturated carbocycles. The Labute approximate surface area is 126 Å². The van der Waals surface area contributed by atoms with Crippen molar-refractivity contribution in [3.05, 3.63) is 76.0 Å². The van der Waals surface area contributed by atoms with Crippen LogP contribution in [0.3, 0.4) is 0 Å². The largest absolute Gasteiger partial charge is 0.508 e. The van der Waals surface area contributed by atoms with Crippen LogP contribution in [0.1, 0.15) is 5.56 Å². The van der Waals surface area contributed by atoms with E-state index in [1.807, 2.05) is 30.3 Å². The fraction of sp³-hybridized carbons (Fsp3) is 0. The SMILES string of the molecule is C=C(O)c1c(-c2ccccc2)c2cc(Cl)ccc2[nH]c1=O. The number of aliphatic hydroxyl groups is 1. The molecule has 0 saturated heterocycles. The van der Waals surface area contributed by atoms with Crippen molar-refractivity contribution in [1.29, 1.82) is 0 Å². The molecular weight excluding hydrogens is 286 g/mol. The number of hydrogen-bond acceptors (Lipinski definition) is 2. The molecular formula is C17H12ClNO2. The molecule has 2 N–H and O–H groups in total. The van der Waals surface area contributed by atoms with Gasteiger partial charge in [0.25, 0.3) is 5.56 Å². The minimum absolute atomic E-state index is 0.163. The van der Waals surface area contributed by atoms with Crippen LogP contribution in [0.25, 0.3) is 27.8 Å². The fourth-order valence-corrected chi connectivity index (χ4v) is 2.62. The summed E-state index contributed by atoms with van der Waals surface area (Å²) in [6, 6.07) is 14.6. The maximum absolute atomic E-state index is 12.2. The second-order valence-corrected chi connectivity index (χ2v) is 5.14. The second kappa shape index (κ2) is 5.11. The zero-order valence-corrected chi connectivity index (χ0v) is 11.8. The summed E-state index contributed by atoms with van der Waals surface area (Å²) in [5, 5.41) is 11.1. The normalized spacial score (nSPS) is 10.7. The molecule has 0 fully saturated rings. The Morgan fingerprint density at radius 2 is 1.86 bits per heavy atom. The summed E-state index contributed by atoms with van der Waals surface area (Å²) < 4.78 is 0. The van der Waals surface area contributed by atoms with E-state index < -0.39 is 0 Å². The van der Waals surface area contributed by atoms with Gasteiger partial charge in [0, 0.05) is 21.5 Å². The van der Waals surface area contributed by atoms with Crippen LogP contribution >= 0.6 is 11.6 Å². The third-order valence-corrected chi connectivity index (χ3v) is 3.56. The molecule has 0 unspecified atom stereocenters. The topological polar surface area (TPSA) is 53.1 Å². The Morgan fingerprint density at radius 1 is 1.14 bits per heavy atom. The van der Waals surface area contributed by atoms with Gasteiger partial charge in [0.2, 0.25) is 0 Å². The van der Waals surface area contributed by atoms with Crippen molar-refractivity contribution in [2.75, 3.05) is 0 Å². The van der Waals surface area contributed by atoms with Gasteiger partial charge < -0.3 is 10.1 Å². The van der Waals surface area contributed by atoms with Crippen molar-refractivity contribution >= 4 is 28.3 Å². The molecule has 3 rings (SSSR count). The molecule has 0 aliphatic rings. The summed E-state index contributed by atoms with van der Waals surface area (Å²) in [6.45, 7) is 3.50. The second-order valence-electron chi connectivity index (χ2n) is 4.71. The van der Waals surface area contributed by atoms with E-state index in [1.165, 1.54) is 0 Å². The summed E-state index contributed by atoms with van der Waals surface area (Å²) >= 11 is 6.07. The van der Waals surface area contributed by atoms with Crippen molar-refractivity contribution in [2.45, 2.75) is 0 Å². The number of pyridine rings is 1. The molecule has 2 aromatic carbocycles. The number of aromatic nitrogens is 1. The molecule has 0 spiro atoms. The predicted octanol–water partition coefficient (Wildman–Crippen LogP) is 4.38. The highest BCUT2D eigenvalue weighted by molar-refractivity contribution is 6.31. The lowest BCUT2D eigenvalue weighted by molar-refractivity contribution is 0.513. The van der Waals surface area contributed by atoms with Gasteiger partial charge in [-0.05, 0) is 23.8 Å². The fourth-order valence-electron chi connectivity index (χ4n) is 2.45. The molecule has 3 aromatic rings. The van der Waals surface area contributed by atoms with Gasteiger partial charge in [0.15, 0.2) is 0 Å². The van der Waals surface area contributed by atoms with Crippen molar-refractivity contribution < 1.29 is 5.11 Å². The summed E-state index contributed by atoms with van der Waals surface area (Å²) in [7, 11) is 0. The number of nitrogens with one attached hydrogen (secondary N) is 1. The first-order valence-corrected chi connectivity index (χ1v) is 6.75. The molecule has 3 nitrogen and oxygen atoms in total. The molecule has 0 aliphatic heterocycles. The highest BCUT2D eigenvalue weighted by atomic mass is 35.5. The Morgan fingerprint density at radius 3 is 2.52 bits per heavy atom. The van der Waals surface area contributed by atoms with Gasteiger partial charge in [-0.1, -0.05) is 48.5 Å². The van der Waals surface area contributed by atoms with E-state index in [2.05, 4.69) is 11.6 Å². The van der Waals surface area contributed by atoms with Gasteiger partial charge in [0.05, 0.1) is 5.56 Å². The van der Waals surface area contributed by atoms with Crippen molar-refractivity contribution in [1.82, 2.24) is 4.98 Å². The molecule has 0 bridgehead atoms. The molecule has 0 amide bonds. The van der Waals surface area contributed by atoms with E-state index in [-0.39, 0.29) is 16.9 Å². The zero-order valence-electron chi connectivity index (χ0n) is 11.1. The summed E-state index contributed by atoms with van der Waals surface area (Å²) in [5.74, 6) is -0.267. The van der Waals surface area contributed by atoms with Gasteiger partial charge in [-0.25, -0.2) is 0 Å². The zero-order chi connectivity index (χ0) is 15.0. The number of aliphatic hydroxyl groups excluding tert-OH is 1. The van der Waals surface area contributed by atoms with E-state index in [0.717, 1.165) is 10.9 Å². The van der Waals surface area contributed by atoms with Crippen LogP contribution in [0.15, 0.2) is 59.9 Å².